The highest BCUT2D eigenvalue weighted by atomic mass is 16.6. The lowest BCUT2D eigenvalue weighted by Gasteiger charge is -2.28. The van der Waals surface area contributed by atoms with Gasteiger partial charge in [0.25, 0.3) is 5.69 Å². The fourth-order valence-electron chi connectivity index (χ4n) is 5.26. The van der Waals surface area contributed by atoms with E-state index in [0.29, 0.717) is 27.6 Å². The minimum absolute atomic E-state index is 0.00551. The average Bonchev–Trinajstić information content (AvgIpc) is 3.05. The Morgan fingerprint density at radius 2 is 1.53 bits per heavy atom. The number of ether oxygens (including phenoxy) is 2. The van der Waals surface area contributed by atoms with E-state index >= 15 is 0 Å². The molecule has 4 rings (SSSR count). The maximum absolute atomic E-state index is 13.8. The van der Waals surface area contributed by atoms with Gasteiger partial charge in [-0.05, 0) is 94.3 Å². The van der Waals surface area contributed by atoms with Gasteiger partial charge in [-0.1, -0.05) is 43.3 Å². The van der Waals surface area contributed by atoms with E-state index in [9.17, 15) is 29.6 Å². The third kappa shape index (κ3) is 10.2. The van der Waals surface area contributed by atoms with Crippen molar-refractivity contribution in [2.75, 3.05) is 16.8 Å². The predicted octanol–water partition coefficient (Wildman–Crippen LogP) is 7.78. The summed E-state index contributed by atoms with van der Waals surface area (Å²) in [6.45, 7) is 12.1. The molecule has 1 aromatic heterocycles. The van der Waals surface area contributed by atoms with Gasteiger partial charge in [-0.3, -0.25) is 14.9 Å². The van der Waals surface area contributed by atoms with Crippen molar-refractivity contribution in [3.63, 3.8) is 0 Å². The maximum atomic E-state index is 13.8. The van der Waals surface area contributed by atoms with Crippen LogP contribution in [0.25, 0.3) is 10.8 Å². The maximum Gasteiger partial charge on any atom is 0.425 e. The number of benzene rings is 3. The van der Waals surface area contributed by atoms with Crippen LogP contribution in [0.1, 0.15) is 83.5 Å². The molecule has 0 aliphatic rings. The molecule has 3 amide bonds. The van der Waals surface area contributed by atoms with Crippen molar-refractivity contribution in [2.45, 2.75) is 84.6 Å². The fourth-order valence-corrected chi connectivity index (χ4v) is 5.26. The van der Waals surface area contributed by atoms with E-state index in [1.54, 1.807) is 77.9 Å². The molecule has 51 heavy (non-hydrogen) atoms. The van der Waals surface area contributed by atoms with Crippen LogP contribution < -0.4 is 15.5 Å². The van der Waals surface area contributed by atoms with Gasteiger partial charge in [0.05, 0.1) is 4.92 Å². The van der Waals surface area contributed by atoms with Crippen molar-refractivity contribution in [1.82, 2.24) is 10.3 Å². The van der Waals surface area contributed by atoms with Crippen molar-refractivity contribution in [3.8, 4) is 0 Å². The van der Waals surface area contributed by atoms with Crippen molar-refractivity contribution >= 4 is 46.1 Å². The second kappa shape index (κ2) is 16.0. The lowest BCUT2D eigenvalue weighted by molar-refractivity contribution is -0.384. The highest BCUT2D eigenvalue weighted by Crippen LogP contribution is 2.31. The third-order valence-electron chi connectivity index (χ3n) is 7.72. The van der Waals surface area contributed by atoms with E-state index in [0.717, 1.165) is 16.9 Å². The van der Waals surface area contributed by atoms with Gasteiger partial charge in [0.2, 0.25) is 5.91 Å². The Labute approximate surface area is 297 Å². The average molecular weight is 700 g/mol. The first-order valence-electron chi connectivity index (χ1n) is 16.6. The molecule has 13 nitrogen and oxygen atoms in total. The van der Waals surface area contributed by atoms with E-state index in [1.165, 1.54) is 18.3 Å². The molecule has 0 bridgehead atoms. The van der Waals surface area contributed by atoms with Crippen molar-refractivity contribution in [2.24, 2.45) is 0 Å². The number of carbonyl (C=O) groups is 3. The van der Waals surface area contributed by atoms with Gasteiger partial charge in [-0.2, -0.15) is 4.90 Å². The first-order valence-corrected chi connectivity index (χ1v) is 16.6. The number of nitrogens with one attached hydrogen (secondary N) is 2. The molecule has 0 fully saturated rings. The minimum atomic E-state index is -0.950. The number of nitrogens with zero attached hydrogens (tertiary/aromatic N) is 3. The Hall–Kier alpha value is -5.56. The van der Waals surface area contributed by atoms with Crippen molar-refractivity contribution in [1.29, 1.82) is 0 Å². The van der Waals surface area contributed by atoms with E-state index in [4.69, 9.17) is 9.47 Å². The number of pyridine rings is 1. The van der Waals surface area contributed by atoms with E-state index in [1.807, 2.05) is 31.2 Å². The van der Waals surface area contributed by atoms with E-state index in [2.05, 4.69) is 15.6 Å². The van der Waals surface area contributed by atoms with Gasteiger partial charge in [0, 0.05) is 48.5 Å². The molecule has 0 radical (unpaired) electrons. The van der Waals surface area contributed by atoms with Crippen LogP contribution in [0.3, 0.4) is 0 Å². The molecule has 1 heterocycles. The molecule has 270 valence electrons. The molecule has 13 heteroatoms. The smallest absolute Gasteiger partial charge is 0.425 e. The lowest BCUT2D eigenvalue weighted by Crippen LogP contribution is -2.44. The first-order chi connectivity index (χ1) is 24.0. The predicted molar refractivity (Wildman–Crippen MR) is 195 cm³/mol. The lowest BCUT2D eigenvalue weighted by atomic mass is 9.94. The quantitative estimate of drug-likeness (QED) is 0.104. The van der Waals surface area contributed by atoms with Crippen LogP contribution in [0, 0.1) is 10.1 Å². The summed E-state index contributed by atoms with van der Waals surface area (Å²) in [5.41, 5.74) is 0.787. The van der Waals surface area contributed by atoms with Gasteiger partial charge in [0.15, 0.2) is 5.82 Å². The second-order valence-corrected chi connectivity index (χ2v) is 14.0. The number of aliphatic hydroxyl groups is 1. The highest BCUT2D eigenvalue weighted by Gasteiger charge is 2.34. The van der Waals surface area contributed by atoms with Crippen LogP contribution in [0.15, 0.2) is 79.0 Å². The zero-order valence-electron chi connectivity index (χ0n) is 29.9. The molecule has 0 aliphatic heterocycles. The molecule has 4 aromatic rings. The molecular formula is C38H45N5O8. The Morgan fingerprint density at radius 1 is 0.902 bits per heavy atom. The molecular weight excluding hydrogens is 654 g/mol. The molecule has 2 atom stereocenters. The summed E-state index contributed by atoms with van der Waals surface area (Å²) in [5, 5.41) is 28.3. The van der Waals surface area contributed by atoms with Gasteiger partial charge in [-0.25, -0.2) is 14.6 Å². The monoisotopic (exact) mass is 699 g/mol. The van der Waals surface area contributed by atoms with Gasteiger partial charge in [0.1, 0.15) is 17.2 Å². The zero-order valence-corrected chi connectivity index (χ0v) is 29.9. The molecule has 3 aromatic carbocycles. The normalized spacial score (nSPS) is 12.8. The summed E-state index contributed by atoms with van der Waals surface area (Å²) in [7, 11) is 0. The van der Waals surface area contributed by atoms with Crippen molar-refractivity contribution in [3.05, 3.63) is 106 Å². The van der Waals surface area contributed by atoms with Crippen LogP contribution in [0.5, 0.6) is 0 Å². The zero-order chi connectivity index (χ0) is 37.5. The number of anilines is 2. The standard InChI is InChI=1S/C38H45N5O8/c1-8-25(23-44)26-12-14-27(15-13-26)32(34(45)40-22-24-10-9-11-30(20-24)43(48)49)41-29-16-17-31-28(21-29)18-19-39-33(31)42(35(46)50-37(2,3)4)36(47)51-38(5,6)7/h9-21,25,32,41,44H,8,22-23H2,1-7H3,(H,40,45). The summed E-state index contributed by atoms with van der Waals surface area (Å²) >= 11 is 0. The van der Waals surface area contributed by atoms with Crippen molar-refractivity contribution < 1.29 is 33.9 Å². The third-order valence-corrected chi connectivity index (χ3v) is 7.72. The molecule has 0 aliphatic carbocycles. The van der Waals surface area contributed by atoms with Crippen LogP contribution in [0.4, 0.5) is 26.8 Å². The Balaban J connectivity index is 1.70. The number of hydrogen-bond acceptors (Lipinski definition) is 10. The van der Waals surface area contributed by atoms with Gasteiger partial charge < -0.3 is 25.2 Å². The van der Waals surface area contributed by atoms with Crippen LogP contribution in [-0.4, -0.2) is 50.9 Å². The largest absolute Gasteiger partial charge is 0.443 e. The van der Waals surface area contributed by atoms with Gasteiger partial charge in [-0.15, -0.1) is 0 Å². The molecule has 0 saturated carbocycles. The van der Waals surface area contributed by atoms with E-state index in [-0.39, 0.29) is 36.5 Å². The SMILES string of the molecule is CCC(CO)c1ccc(C(Nc2ccc3c(N(C(=O)OC(C)(C)C)C(=O)OC(C)(C)C)nccc3c2)C(=O)NCc2cccc([N+](=O)[O-])c2)cc1. The number of nitro groups is 1. The number of amides is 3. The number of fused-ring (bicyclic) bond motifs is 1. The van der Waals surface area contributed by atoms with Gasteiger partial charge >= 0.3 is 12.2 Å². The summed E-state index contributed by atoms with van der Waals surface area (Å²) in [5.74, 6) is -0.420. The molecule has 0 spiro atoms. The number of aliphatic hydroxyl groups excluding tert-OH is 1. The highest BCUT2D eigenvalue weighted by molar-refractivity contribution is 6.14. The topological polar surface area (TPSA) is 173 Å². The number of hydrogen-bond donors (Lipinski definition) is 3. The minimum Gasteiger partial charge on any atom is -0.443 e. The number of imide groups is 1. The Kier molecular flexibility index (Phi) is 12.0. The summed E-state index contributed by atoms with van der Waals surface area (Å²) in [4.78, 5) is 56.4. The number of aromatic nitrogens is 1. The number of carbonyl (C=O) groups excluding carboxylic acids is 3. The van der Waals surface area contributed by atoms with Crippen LogP contribution in [-0.2, 0) is 20.8 Å². The second-order valence-electron chi connectivity index (χ2n) is 14.0. The number of non-ortho nitro benzene ring substituents is 1. The van der Waals surface area contributed by atoms with Crippen LogP contribution >= 0.6 is 0 Å². The molecule has 3 N–H and O–H groups in total. The number of rotatable bonds is 11. The molecule has 0 saturated heterocycles. The Bertz CT molecular complexity index is 1850. The molecule has 2 unspecified atom stereocenters. The summed E-state index contributed by atoms with van der Waals surface area (Å²) in [6, 6.07) is 19.4. The summed E-state index contributed by atoms with van der Waals surface area (Å²) in [6.07, 6.45) is 0.300. The van der Waals surface area contributed by atoms with E-state index < -0.39 is 34.4 Å². The number of nitro benzene ring substituents is 1. The fraction of sp³-hybridized carbons (Fsp3) is 0.368. The first kappa shape index (κ1) is 38.2. The Morgan fingerprint density at radius 3 is 2.10 bits per heavy atom. The van der Waals surface area contributed by atoms with Crippen LogP contribution in [0.2, 0.25) is 0 Å². The summed E-state index contributed by atoms with van der Waals surface area (Å²) < 4.78 is 11.1.